The van der Waals surface area contributed by atoms with Gasteiger partial charge < -0.3 is 0 Å². The Bertz CT molecular complexity index is 307. The summed E-state index contributed by atoms with van der Waals surface area (Å²) in [6.45, 7) is 9.04. The lowest BCUT2D eigenvalue weighted by molar-refractivity contribution is -0.104. The van der Waals surface area contributed by atoms with Crippen LogP contribution in [0.15, 0.2) is 23.3 Å². The third kappa shape index (κ3) is 3.33. The maximum Gasteiger partial charge on any atom is 0.142 e. The van der Waals surface area contributed by atoms with Crippen LogP contribution in [0, 0.1) is 11.3 Å². The number of hydrogen-bond donors (Lipinski definition) is 0. The minimum atomic E-state index is 0.417. The smallest absolute Gasteiger partial charge is 0.142 e. The van der Waals surface area contributed by atoms with Gasteiger partial charge in [-0.25, -0.2) is 0 Å². The SMILES string of the molecule is CC1=CCCC(C)(C)C1CC/C(C)=C\C=O. The van der Waals surface area contributed by atoms with E-state index < -0.39 is 0 Å². The topological polar surface area (TPSA) is 17.1 Å². The summed E-state index contributed by atoms with van der Waals surface area (Å²) in [6, 6.07) is 0. The van der Waals surface area contributed by atoms with Gasteiger partial charge in [0.1, 0.15) is 6.29 Å². The predicted octanol–water partition coefficient (Wildman–Crippen LogP) is 4.29. The van der Waals surface area contributed by atoms with E-state index in [-0.39, 0.29) is 0 Å². The van der Waals surface area contributed by atoms with Gasteiger partial charge in [-0.3, -0.25) is 4.79 Å². The zero-order chi connectivity index (χ0) is 12.2. The van der Waals surface area contributed by atoms with Gasteiger partial charge in [-0.05, 0) is 56.9 Å². The molecule has 1 unspecified atom stereocenters. The highest BCUT2D eigenvalue weighted by Crippen LogP contribution is 2.43. The fourth-order valence-electron chi connectivity index (χ4n) is 2.79. The molecule has 0 heterocycles. The Hall–Kier alpha value is -0.850. The molecular weight excluding hydrogens is 196 g/mol. The van der Waals surface area contributed by atoms with Gasteiger partial charge in [-0.2, -0.15) is 0 Å². The van der Waals surface area contributed by atoms with Crippen molar-refractivity contribution in [2.24, 2.45) is 11.3 Å². The lowest BCUT2D eigenvalue weighted by atomic mass is 9.67. The predicted molar refractivity (Wildman–Crippen MR) is 69.3 cm³/mol. The van der Waals surface area contributed by atoms with Crippen LogP contribution in [0.3, 0.4) is 0 Å². The Balaban J connectivity index is 2.64. The second kappa shape index (κ2) is 5.47. The summed E-state index contributed by atoms with van der Waals surface area (Å²) in [5, 5.41) is 0. The van der Waals surface area contributed by atoms with Crippen LogP contribution in [0.25, 0.3) is 0 Å². The first-order chi connectivity index (χ1) is 7.47. The third-order valence-corrected chi connectivity index (χ3v) is 3.93. The molecule has 1 aliphatic carbocycles. The Morgan fingerprint density at radius 3 is 2.81 bits per heavy atom. The second-order valence-electron chi connectivity index (χ2n) is 5.72. The van der Waals surface area contributed by atoms with E-state index >= 15 is 0 Å². The molecule has 0 radical (unpaired) electrons. The number of carbonyl (C=O) groups is 1. The summed E-state index contributed by atoms with van der Waals surface area (Å²) >= 11 is 0. The van der Waals surface area contributed by atoms with E-state index in [2.05, 4.69) is 26.8 Å². The first-order valence-electron chi connectivity index (χ1n) is 6.25. The van der Waals surface area contributed by atoms with Crippen molar-refractivity contribution in [3.63, 3.8) is 0 Å². The Labute approximate surface area is 99.6 Å². The van der Waals surface area contributed by atoms with Gasteiger partial charge in [0.05, 0.1) is 0 Å². The lowest BCUT2D eigenvalue weighted by Crippen LogP contribution is -2.27. The largest absolute Gasteiger partial charge is 0.299 e. The first-order valence-corrected chi connectivity index (χ1v) is 6.25. The summed E-state index contributed by atoms with van der Waals surface area (Å²) in [5.41, 5.74) is 3.15. The van der Waals surface area contributed by atoms with Crippen LogP contribution < -0.4 is 0 Å². The van der Waals surface area contributed by atoms with Crippen LogP contribution in [0.1, 0.15) is 53.4 Å². The number of aldehydes is 1. The van der Waals surface area contributed by atoms with Crippen LogP contribution in [-0.4, -0.2) is 6.29 Å². The van der Waals surface area contributed by atoms with Crippen molar-refractivity contribution in [2.45, 2.75) is 53.4 Å². The van der Waals surface area contributed by atoms with Crippen LogP contribution in [0.5, 0.6) is 0 Å². The Kier molecular flexibility index (Phi) is 4.52. The Morgan fingerprint density at radius 2 is 2.25 bits per heavy atom. The van der Waals surface area contributed by atoms with Crippen LogP contribution in [0.2, 0.25) is 0 Å². The van der Waals surface area contributed by atoms with Crippen molar-refractivity contribution in [1.29, 1.82) is 0 Å². The van der Waals surface area contributed by atoms with Crippen molar-refractivity contribution in [2.75, 3.05) is 0 Å². The van der Waals surface area contributed by atoms with Crippen molar-refractivity contribution < 1.29 is 4.79 Å². The summed E-state index contributed by atoms with van der Waals surface area (Å²) in [7, 11) is 0. The Morgan fingerprint density at radius 1 is 1.56 bits per heavy atom. The zero-order valence-corrected chi connectivity index (χ0v) is 11.0. The molecule has 0 N–H and O–H groups in total. The van der Waals surface area contributed by atoms with Crippen LogP contribution >= 0.6 is 0 Å². The maximum absolute atomic E-state index is 10.4. The molecule has 0 amide bonds. The van der Waals surface area contributed by atoms with Crippen LogP contribution in [0.4, 0.5) is 0 Å². The monoisotopic (exact) mass is 220 g/mol. The molecule has 0 saturated heterocycles. The molecule has 90 valence electrons. The molecule has 1 rings (SSSR count). The van der Waals surface area contributed by atoms with E-state index in [1.54, 1.807) is 6.08 Å². The molecule has 0 aromatic heterocycles. The minimum absolute atomic E-state index is 0.417. The molecule has 0 fully saturated rings. The minimum Gasteiger partial charge on any atom is -0.299 e. The summed E-state index contributed by atoms with van der Waals surface area (Å²) in [6.07, 6.45) is 9.68. The molecule has 0 spiro atoms. The second-order valence-corrected chi connectivity index (χ2v) is 5.72. The fourth-order valence-corrected chi connectivity index (χ4v) is 2.79. The molecule has 16 heavy (non-hydrogen) atoms. The third-order valence-electron chi connectivity index (χ3n) is 3.93. The van der Waals surface area contributed by atoms with E-state index in [0.717, 1.165) is 12.7 Å². The maximum atomic E-state index is 10.4. The van der Waals surface area contributed by atoms with E-state index in [1.165, 1.54) is 30.4 Å². The standard InChI is InChI=1S/C15H24O/c1-12(9-11-16)7-8-14-13(2)6-5-10-15(14,3)4/h6,9,11,14H,5,7-8,10H2,1-4H3/b12-9-. The lowest BCUT2D eigenvalue weighted by Gasteiger charge is -2.38. The highest BCUT2D eigenvalue weighted by atomic mass is 16.1. The number of rotatable bonds is 4. The highest BCUT2D eigenvalue weighted by Gasteiger charge is 2.32. The van der Waals surface area contributed by atoms with E-state index in [1.807, 2.05) is 6.92 Å². The van der Waals surface area contributed by atoms with Crippen LogP contribution in [-0.2, 0) is 4.79 Å². The van der Waals surface area contributed by atoms with E-state index in [9.17, 15) is 4.79 Å². The van der Waals surface area contributed by atoms with Gasteiger partial charge in [0.25, 0.3) is 0 Å². The quantitative estimate of drug-likeness (QED) is 0.392. The molecule has 0 bridgehead atoms. The van der Waals surface area contributed by atoms with Gasteiger partial charge in [-0.15, -0.1) is 0 Å². The van der Waals surface area contributed by atoms with Gasteiger partial charge in [0.2, 0.25) is 0 Å². The highest BCUT2D eigenvalue weighted by molar-refractivity contribution is 5.65. The number of allylic oxidation sites excluding steroid dienone is 4. The van der Waals surface area contributed by atoms with Crippen molar-refractivity contribution in [3.8, 4) is 0 Å². The average molecular weight is 220 g/mol. The molecule has 1 nitrogen and oxygen atoms in total. The molecule has 1 aliphatic rings. The molecule has 1 atom stereocenters. The molecule has 0 aliphatic heterocycles. The summed E-state index contributed by atoms with van der Waals surface area (Å²) in [5.74, 6) is 0.677. The summed E-state index contributed by atoms with van der Waals surface area (Å²) in [4.78, 5) is 10.4. The molecule has 0 aromatic rings. The number of hydrogen-bond acceptors (Lipinski definition) is 1. The van der Waals surface area contributed by atoms with Crippen molar-refractivity contribution >= 4 is 6.29 Å². The van der Waals surface area contributed by atoms with Crippen molar-refractivity contribution in [3.05, 3.63) is 23.3 Å². The van der Waals surface area contributed by atoms with E-state index in [0.29, 0.717) is 11.3 Å². The molecule has 1 heteroatoms. The fraction of sp³-hybridized carbons (Fsp3) is 0.667. The van der Waals surface area contributed by atoms with Gasteiger partial charge in [0, 0.05) is 0 Å². The van der Waals surface area contributed by atoms with Crippen molar-refractivity contribution in [1.82, 2.24) is 0 Å². The zero-order valence-electron chi connectivity index (χ0n) is 11.0. The average Bonchev–Trinajstić information content (AvgIpc) is 2.16. The first kappa shape index (κ1) is 13.2. The summed E-state index contributed by atoms with van der Waals surface area (Å²) < 4.78 is 0. The van der Waals surface area contributed by atoms with Gasteiger partial charge in [-0.1, -0.05) is 31.1 Å². The molecule has 0 saturated carbocycles. The van der Waals surface area contributed by atoms with Gasteiger partial charge >= 0.3 is 0 Å². The van der Waals surface area contributed by atoms with E-state index in [4.69, 9.17) is 0 Å². The van der Waals surface area contributed by atoms with Gasteiger partial charge in [0.15, 0.2) is 0 Å². The normalized spacial score (nSPS) is 25.1. The molecular formula is C15H24O. The number of carbonyl (C=O) groups excluding carboxylic acids is 1. The molecule has 0 aromatic carbocycles.